The number of amides is 1. The highest BCUT2D eigenvalue weighted by molar-refractivity contribution is 5.78. The van der Waals surface area contributed by atoms with Crippen molar-refractivity contribution in [1.29, 1.82) is 0 Å². The Hall–Kier alpha value is -1.44. The van der Waals surface area contributed by atoms with Crippen molar-refractivity contribution in [2.45, 2.75) is 57.7 Å². The summed E-state index contributed by atoms with van der Waals surface area (Å²) in [6.45, 7) is 5.34. The topological polar surface area (TPSA) is 64.8 Å². The van der Waals surface area contributed by atoms with Crippen LogP contribution in [-0.2, 0) is 17.9 Å². The summed E-state index contributed by atoms with van der Waals surface area (Å²) >= 11 is 0. The molecule has 1 saturated heterocycles. The van der Waals surface area contributed by atoms with Crippen LogP contribution in [0.4, 0.5) is 0 Å². The number of aromatic nitrogens is 2. The van der Waals surface area contributed by atoms with Gasteiger partial charge in [-0.25, -0.2) is 0 Å². The van der Waals surface area contributed by atoms with Gasteiger partial charge in [0.15, 0.2) is 0 Å². The van der Waals surface area contributed by atoms with Crippen molar-refractivity contribution in [3.8, 4) is 0 Å². The Morgan fingerprint density at radius 3 is 2.52 bits per heavy atom. The van der Waals surface area contributed by atoms with Crippen LogP contribution in [0.2, 0.25) is 0 Å². The van der Waals surface area contributed by atoms with Crippen LogP contribution in [0.3, 0.4) is 0 Å². The maximum absolute atomic E-state index is 12.9. The molecule has 7 heteroatoms. The zero-order valence-corrected chi connectivity index (χ0v) is 16.9. The number of likely N-dealkylation sites (N-methyl/N-ethyl adjacent to an activating group) is 1. The molecule has 0 aliphatic carbocycles. The molecular weight excluding hydrogens is 342 g/mol. The summed E-state index contributed by atoms with van der Waals surface area (Å²) < 4.78 is 1.97. The number of aliphatic hydroxyl groups excluding tert-OH is 1. The highest BCUT2D eigenvalue weighted by Gasteiger charge is 2.24. The molecule has 2 aliphatic rings. The minimum Gasteiger partial charge on any atom is -0.385 e. The third-order valence-corrected chi connectivity index (χ3v) is 5.57. The van der Waals surface area contributed by atoms with Gasteiger partial charge in [-0.15, -0.1) is 0 Å². The quantitative estimate of drug-likeness (QED) is 0.842. The molecule has 1 amide bonds. The molecule has 0 unspecified atom stereocenters. The Kier molecular flexibility index (Phi) is 7.26. The van der Waals surface area contributed by atoms with Crippen LogP contribution in [0.5, 0.6) is 0 Å². The highest BCUT2D eigenvalue weighted by atomic mass is 16.3. The standard InChI is InChI=1S/C20H35N5O2/c1-22(2)15-19(26)18-13-17-14-24(11-8-12-25(17)21-18)20(27)16-23-9-6-4-3-5-7-10-23/h13,19,26H,3-12,14-16H2,1-2H3/t19-/m0/s1. The van der Waals surface area contributed by atoms with E-state index in [9.17, 15) is 9.90 Å². The average Bonchev–Trinajstić information content (AvgIpc) is 2.88. The van der Waals surface area contributed by atoms with Gasteiger partial charge in [0.1, 0.15) is 6.10 Å². The van der Waals surface area contributed by atoms with Gasteiger partial charge in [0.05, 0.1) is 24.5 Å². The zero-order valence-electron chi connectivity index (χ0n) is 16.9. The molecule has 0 spiro atoms. The summed E-state index contributed by atoms with van der Waals surface area (Å²) in [5.41, 5.74) is 1.73. The second-order valence-corrected chi connectivity index (χ2v) is 8.27. The van der Waals surface area contributed by atoms with E-state index in [1.807, 2.05) is 34.6 Å². The molecule has 1 aromatic rings. The summed E-state index contributed by atoms with van der Waals surface area (Å²) in [6, 6.07) is 1.97. The number of nitrogens with zero attached hydrogens (tertiary/aromatic N) is 5. The van der Waals surface area contributed by atoms with Crippen molar-refractivity contribution in [2.75, 3.05) is 46.8 Å². The number of hydrogen-bond acceptors (Lipinski definition) is 5. The Morgan fingerprint density at radius 2 is 1.81 bits per heavy atom. The lowest BCUT2D eigenvalue weighted by atomic mass is 10.1. The molecule has 27 heavy (non-hydrogen) atoms. The minimum atomic E-state index is -0.593. The predicted molar refractivity (Wildman–Crippen MR) is 105 cm³/mol. The molecule has 2 aliphatic heterocycles. The molecule has 152 valence electrons. The molecule has 0 radical (unpaired) electrons. The highest BCUT2D eigenvalue weighted by Crippen LogP contribution is 2.19. The van der Waals surface area contributed by atoms with Crippen molar-refractivity contribution in [1.82, 2.24) is 24.5 Å². The molecule has 3 rings (SSSR count). The van der Waals surface area contributed by atoms with Crippen molar-refractivity contribution >= 4 is 5.91 Å². The fourth-order valence-electron chi connectivity index (χ4n) is 4.06. The molecule has 7 nitrogen and oxygen atoms in total. The van der Waals surface area contributed by atoms with Gasteiger partial charge in [0.2, 0.25) is 5.91 Å². The first-order valence-electron chi connectivity index (χ1n) is 10.4. The maximum atomic E-state index is 12.9. The fraction of sp³-hybridized carbons (Fsp3) is 0.800. The SMILES string of the molecule is CN(C)C[C@H](O)c1cc2n(n1)CCCN(C(=O)CN1CCCCCCC1)C2. The molecule has 1 atom stereocenters. The van der Waals surface area contributed by atoms with Crippen LogP contribution < -0.4 is 0 Å². The number of carbonyl (C=O) groups is 1. The van der Waals surface area contributed by atoms with Crippen LogP contribution in [0, 0.1) is 0 Å². The van der Waals surface area contributed by atoms with E-state index in [1.165, 1.54) is 32.1 Å². The van der Waals surface area contributed by atoms with E-state index in [0.29, 0.717) is 25.3 Å². The van der Waals surface area contributed by atoms with Crippen molar-refractivity contribution < 1.29 is 9.90 Å². The number of rotatable bonds is 5. The fourth-order valence-corrected chi connectivity index (χ4v) is 4.06. The largest absolute Gasteiger partial charge is 0.385 e. The third-order valence-electron chi connectivity index (χ3n) is 5.57. The summed E-state index contributed by atoms with van der Waals surface area (Å²) in [7, 11) is 3.88. The lowest BCUT2D eigenvalue weighted by Crippen LogP contribution is -2.41. The second-order valence-electron chi connectivity index (χ2n) is 8.27. The summed E-state index contributed by atoms with van der Waals surface area (Å²) in [4.78, 5) is 19.2. The molecular formula is C20H35N5O2. The number of aliphatic hydroxyl groups is 1. The maximum Gasteiger partial charge on any atom is 0.237 e. The first kappa shape index (κ1) is 20.3. The Labute approximate surface area is 162 Å². The molecule has 1 fully saturated rings. The number of fused-ring (bicyclic) bond motifs is 1. The van der Waals surface area contributed by atoms with Crippen molar-refractivity contribution in [3.63, 3.8) is 0 Å². The van der Waals surface area contributed by atoms with E-state index in [-0.39, 0.29) is 5.91 Å². The Balaban J connectivity index is 1.61. The van der Waals surface area contributed by atoms with Gasteiger partial charge < -0.3 is 14.9 Å². The van der Waals surface area contributed by atoms with Gasteiger partial charge in [-0.2, -0.15) is 5.10 Å². The number of hydrogen-bond donors (Lipinski definition) is 1. The van der Waals surface area contributed by atoms with Gasteiger partial charge in [-0.3, -0.25) is 14.4 Å². The number of carbonyl (C=O) groups excluding carboxylic acids is 1. The van der Waals surface area contributed by atoms with Crippen LogP contribution >= 0.6 is 0 Å². The van der Waals surface area contributed by atoms with Gasteiger partial charge in [0, 0.05) is 19.6 Å². The second kappa shape index (κ2) is 9.66. The number of likely N-dealkylation sites (tertiary alicyclic amines) is 1. The van der Waals surface area contributed by atoms with Crippen molar-refractivity contribution in [2.24, 2.45) is 0 Å². The number of aryl methyl sites for hydroxylation is 1. The van der Waals surface area contributed by atoms with Crippen LogP contribution in [0.15, 0.2) is 6.07 Å². The summed E-state index contributed by atoms with van der Waals surface area (Å²) in [6.07, 6.45) is 6.62. The minimum absolute atomic E-state index is 0.223. The van der Waals surface area contributed by atoms with Gasteiger partial charge in [-0.1, -0.05) is 19.3 Å². The van der Waals surface area contributed by atoms with Crippen LogP contribution in [0.1, 0.15) is 56.0 Å². The Bertz CT molecular complexity index is 608. The van der Waals surface area contributed by atoms with E-state index < -0.39 is 6.10 Å². The van der Waals surface area contributed by atoms with E-state index in [2.05, 4.69) is 10.00 Å². The smallest absolute Gasteiger partial charge is 0.237 e. The van der Waals surface area contributed by atoms with Crippen LogP contribution in [-0.4, -0.2) is 82.3 Å². The predicted octanol–water partition coefficient (Wildman–Crippen LogP) is 1.48. The van der Waals surface area contributed by atoms with Crippen LogP contribution in [0.25, 0.3) is 0 Å². The normalized spacial score (nSPS) is 20.7. The van der Waals surface area contributed by atoms with E-state index in [1.54, 1.807) is 0 Å². The molecule has 0 aromatic carbocycles. The lowest BCUT2D eigenvalue weighted by molar-refractivity contribution is -0.133. The van der Waals surface area contributed by atoms with Gasteiger partial charge >= 0.3 is 0 Å². The summed E-state index contributed by atoms with van der Waals surface area (Å²) in [5.74, 6) is 0.223. The average molecular weight is 378 g/mol. The Morgan fingerprint density at radius 1 is 1.11 bits per heavy atom. The molecule has 0 saturated carbocycles. The lowest BCUT2D eigenvalue weighted by Gasteiger charge is -2.27. The molecule has 1 aromatic heterocycles. The van der Waals surface area contributed by atoms with Crippen molar-refractivity contribution in [3.05, 3.63) is 17.5 Å². The summed E-state index contributed by atoms with van der Waals surface area (Å²) in [5, 5.41) is 14.9. The van der Waals surface area contributed by atoms with Gasteiger partial charge in [0.25, 0.3) is 0 Å². The van der Waals surface area contributed by atoms with E-state index in [0.717, 1.165) is 38.3 Å². The first-order valence-corrected chi connectivity index (χ1v) is 10.4. The molecule has 1 N–H and O–H groups in total. The van der Waals surface area contributed by atoms with E-state index >= 15 is 0 Å². The van der Waals surface area contributed by atoms with Gasteiger partial charge in [-0.05, 0) is 52.5 Å². The monoisotopic (exact) mass is 377 g/mol. The third kappa shape index (κ3) is 5.77. The zero-order chi connectivity index (χ0) is 19.2. The molecule has 0 bridgehead atoms. The first-order chi connectivity index (χ1) is 13.0. The molecule has 3 heterocycles. The van der Waals surface area contributed by atoms with E-state index in [4.69, 9.17) is 0 Å².